The number of benzene rings is 1. The number of alkyl halides is 3. The van der Waals surface area contributed by atoms with Gasteiger partial charge in [-0.15, -0.1) is 0 Å². The number of hydrogen-bond acceptors (Lipinski definition) is 4. The third-order valence-electron chi connectivity index (χ3n) is 4.60. The van der Waals surface area contributed by atoms with Crippen LogP contribution in [0.15, 0.2) is 52.7 Å². The van der Waals surface area contributed by atoms with Gasteiger partial charge in [0.2, 0.25) is 5.60 Å². The van der Waals surface area contributed by atoms with E-state index in [-0.39, 0.29) is 28.8 Å². The zero-order chi connectivity index (χ0) is 27.6. The predicted molar refractivity (Wildman–Crippen MR) is 128 cm³/mol. The molecule has 6 nitrogen and oxygen atoms in total. The summed E-state index contributed by atoms with van der Waals surface area (Å²) in [5, 5.41) is 2.23. The number of hydrogen-bond donors (Lipinski definition) is 1. The molecule has 1 aromatic carbocycles. The van der Waals surface area contributed by atoms with Crippen molar-refractivity contribution in [2.24, 2.45) is 5.92 Å². The standard InChI is InChI=1S/C22H30F4N2O4S.C2H6/c1-7-13-28(33(30,31)18-11-9-16(23)10-12-18)19(15(3)4)14-17(8-2)27-20(29)32-21(5,6)22(24,25)26;1-2/h8-12,14-15H,7,13H2,1-6H3,(H,27,29);1-2H3/b17-8+,19-14+;. The van der Waals surface area contributed by atoms with E-state index in [2.05, 4.69) is 10.1 Å². The molecule has 0 unspecified atom stereocenters. The molecule has 0 aromatic heterocycles. The number of allylic oxidation sites excluding steroid dienone is 3. The second-order valence-electron chi connectivity index (χ2n) is 8.02. The second kappa shape index (κ2) is 13.5. The molecule has 0 aliphatic heterocycles. The van der Waals surface area contributed by atoms with Crippen LogP contribution in [0.25, 0.3) is 0 Å². The molecule has 0 saturated heterocycles. The number of halogens is 4. The van der Waals surface area contributed by atoms with Gasteiger partial charge in [-0.3, -0.25) is 9.62 Å². The highest BCUT2D eigenvalue weighted by molar-refractivity contribution is 7.89. The van der Waals surface area contributed by atoms with Crippen molar-refractivity contribution in [2.45, 2.75) is 78.5 Å². The van der Waals surface area contributed by atoms with Gasteiger partial charge >= 0.3 is 12.3 Å². The molecule has 0 spiro atoms. The molecule has 0 aliphatic rings. The van der Waals surface area contributed by atoms with Crippen LogP contribution < -0.4 is 5.32 Å². The summed E-state index contributed by atoms with van der Waals surface area (Å²) in [7, 11) is -4.08. The van der Waals surface area contributed by atoms with Crippen molar-refractivity contribution in [3.05, 3.63) is 53.6 Å². The summed E-state index contributed by atoms with van der Waals surface area (Å²) in [5.74, 6) is -0.942. The fourth-order valence-electron chi connectivity index (χ4n) is 2.64. The first kappa shape index (κ1) is 32.4. The maximum Gasteiger partial charge on any atom is 0.427 e. The average Bonchev–Trinajstić information content (AvgIpc) is 2.75. The SMILES string of the molecule is C/C=C(\C=C(/C(C)C)N(CCC)S(=O)(=O)c1ccc(F)cc1)NC(=O)OC(C)(C)C(F)(F)F.CC. The molecule has 0 aliphatic carbocycles. The maximum absolute atomic E-state index is 13.3. The third-order valence-corrected chi connectivity index (χ3v) is 6.44. The highest BCUT2D eigenvalue weighted by atomic mass is 32.2. The Bertz CT molecular complexity index is 984. The number of nitrogens with zero attached hydrogens (tertiary/aromatic N) is 1. The van der Waals surface area contributed by atoms with Gasteiger partial charge in [0.25, 0.3) is 10.0 Å². The van der Waals surface area contributed by atoms with Crippen molar-refractivity contribution in [1.82, 2.24) is 9.62 Å². The molecular weight excluding hydrogens is 488 g/mol. The first-order valence-corrected chi connectivity index (χ1v) is 12.7. The normalized spacial score (nSPS) is 13.2. The minimum Gasteiger partial charge on any atom is -0.434 e. The van der Waals surface area contributed by atoms with Gasteiger partial charge in [-0.2, -0.15) is 13.2 Å². The predicted octanol–water partition coefficient (Wildman–Crippen LogP) is 6.76. The largest absolute Gasteiger partial charge is 0.434 e. The van der Waals surface area contributed by atoms with Crippen LogP contribution in [-0.4, -0.2) is 37.1 Å². The Hall–Kier alpha value is -2.56. The fraction of sp³-hybridized carbons (Fsp3) is 0.542. The van der Waals surface area contributed by atoms with Crippen molar-refractivity contribution >= 4 is 16.1 Å². The van der Waals surface area contributed by atoms with E-state index in [1.807, 2.05) is 13.8 Å². The van der Waals surface area contributed by atoms with Crippen LogP contribution in [0.1, 0.15) is 61.8 Å². The number of carbonyl (C=O) groups excluding carboxylic acids is 1. The molecule has 1 rings (SSSR count). The molecule has 200 valence electrons. The summed E-state index contributed by atoms with van der Waals surface area (Å²) in [5.41, 5.74) is -2.39. The number of carbonyl (C=O) groups is 1. The van der Waals surface area contributed by atoms with Crippen molar-refractivity contribution in [2.75, 3.05) is 6.54 Å². The monoisotopic (exact) mass is 524 g/mol. The molecule has 0 radical (unpaired) electrons. The van der Waals surface area contributed by atoms with E-state index >= 15 is 0 Å². The lowest BCUT2D eigenvalue weighted by molar-refractivity contribution is -0.243. The lowest BCUT2D eigenvalue weighted by Gasteiger charge is -2.30. The van der Waals surface area contributed by atoms with E-state index in [1.165, 1.54) is 19.1 Å². The summed E-state index contributed by atoms with van der Waals surface area (Å²) in [4.78, 5) is 12.0. The Morgan fingerprint density at radius 2 is 1.66 bits per heavy atom. The van der Waals surface area contributed by atoms with E-state index in [9.17, 15) is 30.8 Å². The van der Waals surface area contributed by atoms with Crippen LogP contribution in [0.3, 0.4) is 0 Å². The number of alkyl carbamates (subject to hydrolysis) is 1. The highest BCUT2D eigenvalue weighted by Gasteiger charge is 2.51. The summed E-state index contributed by atoms with van der Waals surface area (Å²) in [6, 6.07) is 4.37. The fourth-order valence-corrected chi connectivity index (χ4v) is 4.33. The molecular formula is C24H36F4N2O4S. The summed E-state index contributed by atoms with van der Waals surface area (Å²) >= 11 is 0. The molecule has 1 amide bonds. The number of nitrogens with one attached hydrogen (secondary N) is 1. The molecule has 11 heteroatoms. The first-order valence-electron chi connectivity index (χ1n) is 11.3. The second-order valence-corrected chi connectivity index (χ2v) is 9.88. The number of sulfonamides is 1. The Morgan fingerprint density at radius 1 is 1.14 bits per heavy atom. The van der Waals surface area contributed by atoms with Crippen LogP contribution in [-0.2, 0) is 14.8 Å². The first-order chi connectivity index (χ1) is 16.1. The topological polar surface area (TPSA) is 75.7 Å². The number of amides is 1. The van der Waals surface area contributed by atoms with Crippen LogP contribution in [0.4, 0.5) is 22.4 Å². The highest BCUT2D eigenvalue weighted by Crippen LogP contribution is 2.33. The number of ether oxygens (including phenoxy) is 1. The van der Waals surface area contributed by atoms with Crippen LogP contribution in [0.2, 0.25) is 0 Å². The molecule has 1 aromatic rings. The van der Waals surface area contributed by atoms with Crippen LogP contribution >= 0.6 is 0 Å². The van der Waals surface area contributed by atoms with Crippen LogP contribution in [0.5, 0.6) is 0 Å². The van der Waals surface area contributed by atoms with Gasteiger partial charge in [0, 0.05) is 17.9 Å². The number of rotatable bonds is 9. The van der Waals surface area contributed by atoms with E-state index in [0.717, 1.165) is 42.4 Å². The van der Waals surface area contributed by atoms with Gasteiger partial charge in [-0.25, -0.2) is 17.6 Å². The molecule has 0 fully saturated rings. The van der Waals surface area contributed by atoms with Crippen molar-refractivity contribution in [3.8, 4) is 0 Å². The smallest absolute Gasteiger partial charge is 0.427 e. The minimum absolute atomic E-state index is 0.0529. The van der Waals surface area contributed by atoms with E-state index in [4.69, 9.17) is 0 Å². The summed E-state index contributed by atoms with van der Waals surface area (Å²) in [6.45, 7) is 12.3. The molecule has 0 bridgehead atoms. The lowest BCUT2D eigenvalue weighted by Crippen LogP contribution is -2.45. The van der Waals surface area contributed by atoms with E-state index < -0.39 is 33.7 Å². The molecule has 1 N–H and O–H groups in total. The van der Waals surface area contributed by atoms with Gasteiger partial charge < -0.3 is 4.74 Å². The van der Waals surface area contributed by atoms with E-state index in [0.29, 0.717) is 6.42 Å². The van der Waals surface area contributed by atoms with Crippen LogP contribution in [0, 0.1) is 11.7 Å². The molecule has 35 heavy (non-hydrogen) atoms. The minimum atomic E-state index is -4.78. The van der Waals surface area contributed by atoms with Gasteiger partial charge in [-0.05, 0) is 63.5 Å². The van der Waals surface area contributed by atoms with Gasteiger partial charge in [0.15, 0.2) is 0 Å². The summed E-state index contributed by atoms with van der Waals surface area (Å²) < 4.78 is 84.5. The average molecular weight is 525 g/mol. The quantitative estimate of drug-likeness (QED) is 0.286. The summed E-state index contributed by atoms with van der Waals surface area (Å²) in [6.07, 6.45) is -2.90. The zero-order valence-corrected chi connectivity index (χ0v) is 22.3. The van der Waals surface area contributed by atoms with Crippen molar-refractivity contribution < 1.29 is 35.5 Å². The van der Waals surface area contributed by atoms with Gasteiger partial charge in [0.05, 0.1) is 4.90 Å². The van der Waals surface area contributed by atoms with Gasteiger partial charge in [-0.1, -0.05) is 40.7 Å². The van der Waals surface area contributed by atoms with Gasteiger partial charge in [0.1, 0.15) is 5.82 Å². The zero-order valence-electron chi connectivity index (χ0n) is 21.5. The van der Waals surface area contributed by atoms with Crippen molar-refractivity contribution in [1.29, 1.82) is 0 Å². The molecule has 0 atom stereocenters. The third kappa shape index (κ3) is 9.19. The molecule has 0 saturated carbocycles. The maximum atomic E-state index is 13.3. The Labute approximate surface area is 206 Å². The Morgan fingerprint density at radius 3 is 2.06 bits per heavy atom. The molecule has 0 heterocycles. The van der Waals surface area contributed by atoms with E-state index in [1.54, 1.807) is 20.8 Å². The Kier molecular flexibility index (Phi) is 12.5. The Balaban J connectivity index is 0.00000562. The van der Waals surface area contributed by atoms with Crippen molar-refractivity contribution in [3.63, 3.8) is 0 Å². The lowest BCUT2D eigenvalue weighted by atomic mass is 10.1.